The lowest BCUT2D eigenvalue weighted by Gasteiger charge is -2.21. The van der Waals surface area contributed by atoms with E-state index in [2.05, 4.69) is 35.4 Å². The number of likely N-dealkylation sites (N-methyl/N-ethyl adjacent to an activating group) is 1. The number of rotatable bonds is 5. The van der Waals surface area contributed by atoms with Crippen LogP contribution in [0.15, 0.2) is 29.2 Å². The molecule has 0 saturated carbocycles. The maximum atomic E-state index is 12.0. The van der Waals surface area contributed by atoms with Crippen LogP contribution in [0.4, 0.5) is 0 Å². The quantitative estimate of drug-likeness (QED) is 0.773. The summed E-state index contributed by atoms with van der Waals surface area (Å²) in [6.45, 7) is 3.22. The van der Waals surface area contributed by atoms with Crippen LogP contribution < -0.4 is 0 Å². The number of thioether (sulfide) groups is 1. The third-order valence-electron chi connectivity index (χ3n) is 3.48. The van der Waals surface area contributed by atoms with Crippen LogP contribution in [-0.2, 0) is 11.3 Å². The van der Waals surface area contributed by atoms with Gasteiger partial charge >= 0.3 is 0 Å². The number of nitrogens with zero attached hydrogens (tertiary/aromatic N) is 2. The number of hydrogen-bond acceptors (Lipinski definition) is 3. The van der Waals surface area contributed by atoms with Crippen LogP contribution in [0.5, 0.6) is 0 Å². The molecule has 4 heteroatoms. The molecule has 0 bridgehead atoms. The molecule has 104 valence electrons. The molecule has 1 fully saturated rings. The molecule has 3 nitrogen and oxygen atoms in total. The molecule has 1 aromatic carbocycles. The third kappa shape index (κ3) is 4.25. The van der Waals surface area contributed by atoms with Crippen molar-refractivity contribution in [3.8, 4) is 0 Å². The first-order valence-corrected chi connectivity index (χ1v) is 8.01. The molecule has 1 aliphatic heterocycles. The minimum atomic E-state index is 0.265. The Morgan fingerprint density at radius 1 is 1.26 bits per heavy atom. The van der Waals surface area contributed by atoms with Gasteiger partial charge in [-0.25, -0.2) is 0 Å². The van der Waals surface area contributed by atoms with Gasteiger partial charge in [-0.05, 0) is 43.8 Å². The predicted octanol–water partition coefficient (Wildman–Crippen LogP) is 2.46. The van der Waals surface area contributed by atoms with Gasteiger partial charge in [0.1, 0.15) is 0 Å². The van der Waals surface area contributed by atoms with Crippen LogP contribution in [-0.4, -0.2) is 48.6 Å². The second-order valence-electron chi connectivity index (χ2n) is 5.11. The van der Waals surface area contributed by atoms with Crippen LogP contribution >= 0.6 is 11.8 Å². The predicted molar refractivity (Wildman–Crippen MR) is 80.4 cm³/mol. The summed E-state index contributed by atoms with van der Waals surface area (Å²) in [4.78, 5) is 17.4. The highest BCUT2D eigenvalue weighted by atomic mass is 32.2. The van der Waals surface area contributed by atoms with Crippen molar-refractivity contribution in [1.29, 1.82) is 0 Å². The summed E-state index contributed by atoms with van der Waals surface area (Å²) < 4.78 is 0. The van der Waals surface area contributed by atoms with E-state index < -0.39 is 0 Å². The van der Waals surface area contributed by atoms with Crippen molar-refractivity contribution in [2.24, 2.45) is 0 Å². The van der Waals surface area contributed by atoms with E-state index in [1.807, 2.05) is 11.9 Å². The molecule has 0 aliphatic carbocycles. The smallest absolute Gasteiger partial charge is 0.236 e. The fourth-order valence-electron chi connectivity index (χ4n) is 2.40. The normalized spacial score (nSPS) is 15.2. The van der Waals surface area contributed by atoms with Gasteiger partial charge in [-0.3, -0.25) is 9.69 Å². The van der Waals surface area contributed by atoms with Gasteiger partial charge in [0, 0.05) is 24.5 Å². The van der Waals surface area contributed by atoms with Gasteiger partial charge in [0.05, 0.1) is 6.54 Å². The Morgan fingerprint density at radius 2 is 1.89 bits per heavy atom. The van der Waals surface area contributed by atoms with E-state index in [0.717, 1.165) is 32.5 Å². The van der Waals surface area contributed by atoms with Crippen molar-refractivity contribution in [2.75, 3.05) is 32.9 Å². The molecule has 19 heavy (non-hydrogen) atoms. The molecule has 1 saturated heterocycles. The Labute approximate surface area is 120 Å². The monoisotopic (exact) mass is 278 g/mol. The van der Waals surface area contributed by atoms with Crippen LogP contribution in [0, 0.1) is 0 Å². The molecule has 1 aromatic rings. The molecule has 0 aromatic heterocycles. The van der Waals surface area contributed by atoms with Crippen molar-refractivity contribution < 1.29 is 4.79 Å². The van der Waals surface area contributed by atoms with Gasteiger partial charge in [0.25, 0.3) is 0 Å². The molecule has 1 heterocycles. The molecular formula is C15H22N2OS. The van der Waals surface area contributed by atoms with E-state index in [1.165, 1.54) is 10.5 Å². The molecule has 0 atom stereocenters. The largest absolute Gasteiger partial charge is 0.342 e. The Balaban J connectivity index is 1.82. The van der Waals surface area contributed by atoms with Crippen LogP contribution in [0.1, 0.15) is 18.4 Å². The molecule has 0 spiro atoms. The van der Waals surface area contributed by atoms with E-state index in [1.54, 1.807) is 11.8 Å². The molecule has 1 aliphatic rings. The molecule has 0 radical (unpaired) electrons. The molecule has 2 rings (SSSR count). The number of benzene rings is 1. The van der Waals surface area contributed by atoms with Crippen molar-refractivity contribution >= 4 is 17.7 Å². The van der Waals surface area contributed by atoms with Crippen LogP contribution in [0.2, 0.25) is 0 Å². The number of carbonyl (C=O) groups excluding carboxylic acids is 1. The second-order valence-corrected chi connectivity index (χ2v) is 5.99. The van der Waals surface area contributed by atoms with Gasteiger partial charge in [-0.2, -0.15) is 0 Å². The summed E-state index contributed by atoms with van der Waals surface area (Å²) in [5.74, 6) is 0.265. The highest BCUT2D eigenvalue weighted by molar-refractivity contribution is 7.98. The van der Waals surface area contributed by atoms with Gasteiger partial charge in [-0.1, -0.05) is 12.1 Å². The average molecular weight is 278 g/mol. The first-order valence-electron chi connectivity index (χ1n) is 6.78. The summed E-state index contributed by atoms with van der Waals surface area (Å²) in [7, 11) is 2.01. The van der Waals surface area contributed by atoms with Gasteiger partial charge in [0.2, 0.25) is 5.91 Å². The van der Waals surface area contributed by atoms with Crippen LogP contribution in [0.25, 0.3) is 0 Å². The first-order chi connectivity index (χ1) is 9.19. The first kappa shape index (κ1) is 14.4. The lowest BCUT2D eigenvalue weighted by Crippen LogP contribution is -2.36. The van der Waals surface area contributed by atoms with Gasteiger partial charge in [0.15, 0.2) is 0 Å². The lowest BCUT2D eigenvalue weighted by molar-refractivity contribution is -0.131. The summed E-state index contributed by atoms with van der Waals surface area (Å²) >= 11 is 1.75. The van der Waals surface area contributed by atoms with Gasteiger partial charge < -0.3 is 4.90 Å². The van der Waals surface area contributed by atoms with E-state index in [0.29, 0.717) is 6.54 Å². The third-order valence-corrected chi connectivity index (χ3v) is 4.22. The van der Waals surface area contributed by atoms with Crippen molar-refractivity contribution in [3.63, 3.8) is 0 Å². The zero-order valence-corrected chi connectivity index (χ0v) is 12.6. The maximum Gasteiger partial charge on any atom is 0.236 e. The fraction of sp³-hybridized carbons (Fsp3) is 0.533. The highest BCUT2D eigenvalue weighted by Crippen LogP contribution is 2.15. The zero-order valence-electron chi connectivity index (χ0n) is 11.8. The van der Waals surface area contributed by atoms with Crippen molar-refractivity contribution in [3.05, 3.63) is 29.8 Å². The standard InChI is InChI=1S/C15H22N2OS/c1-16(12-15(18)17-9-3-4-10-17)11-13-5-7-14(19-2)8-6-13/h5-8H,3-4,9-12H2,1-2H3. The Hall–Kier alpha value is -1.00. The summed E-state index contributed by atoms with van der Waals surface area (Å²) in [5.41, 5.74) is 1.26. The highest BCUT2D eigenvalue weighted by Gasteiger charge is 2.18. The van der Waals surface area contributed by atoms with E-state index in [4.69, 9.17) is 0 Å². The fourth-order valence-corrected chi connectivity index (χ4v) is 2.80. The Bertz CT molecular complexity index is 413. The maximum absolute atomic E-state index is 12.0. The minimum absolute atomic E-state index is 0.265. The lowest BCUT2D eigenvalue weighted by atomic mass is 10.2. The topological polar surface area (TPSA) is 23.6 Å². The molecule has 1 amide bonds. The number of carbonyl (C=O) groups is 1. The van der Waals surface area contributed by atoms with E-state index in [-0.39, 0.29) is 5.91 Å². The Kier molecular flexibility index (Phi) is 5.28. The number of amides is 1. The zero-order chi connectivity index (χ0) is 13.7. The molecular weight excluding hydrogens is 256 g/mol. The summed E-state index contributed by atoms with van der Waals surface area (Å²) in [5, 5.41) is 0. The summed E-state index contributed by atoms with van der Waals surface area (Å²) in [6, 6.07) is 8.55. The number of hydrogen-bond donors (Lipinski definition) is 0. The summed E-state index contributed by atoms with van der Waals surface area (Å²) in [6.07, 6.45) is 4.40. The molecule has 0 unspecified atom stereocenters. The van der Waals surface area contributed by atoms with Crippen LogP contribution in [0.3, 0.4) is 0 Å². The van der Waals surface area contributed by atoms with Crippen molar-refractivity contribution in [1.82, 2.24) is 9.80 Å². The SMILES string of the molecule is CSc1ccc(CN(C)CC(=O)N2CCCC2)cc1. The van der Waals surface area contributed by atoms with Gasteiger partial charge in [-0.15, -0.1) is 11.8 Å². The average Bonchev–Trinajstić information content (AvgIpc) is 2.93. The second kappa shape index (κ2) is 6.96. The van der Waals surface area contributed by atoms with E-state index >= 15 is 0 Å². The molecule has 0 N–H and O–H groups in total. The van der Waals surface area contributed by atoms with E-state index in [9.17, 15) is 4.79 Å². The van der Waals surface area contributed by atoms with Crippen molar-refractivity contribution in [2.45, 2.75) is 24.3 Å². The number of likely N-dealkylation sites (tertiary alicyclic amines) is 1. The Morgan fingerprint density at radius 3 is 2.47 bits per heavy atom. The minimum Gasteiger partial charge on any atom is -0.342 e.